The summed E-state index contributed by atoms with van der Waals surface area (Å²) < 4.78 is 0. The van der Waals surface area contributed by atoms with Crippen molar-refractivity contribution in [2.45, 2.75) is 64.3 Å². The highest BCUT2D eigenvalue weighted by atomic mass is 32.2. The number of likely N-dealkylation sites (N-methyl/N-ethyl adjacent to an activating group) is 1. The standard InChI is InChI=1S/C24H37N3O2S/c1-3-4-5-6-7-16-30-21-11-9-20(10-12-21)26-24(29)22-17-19(14-15-25)8-13-23(22)27(2)18-28/h8-9,11,13,17-18,22-23H,3-7,10,12,14-16,25H2,1-2H3,(H,26,29). The zero-order valence-corrected chi connectivity index (χ0v) is 19.3. The Morgan fingerprint density at radius 1 is 1.27 bits per heavy atom. The molecule has 0 spiro atoms. The third kappa shape index (κ3) is 7.80. The minimum absolute atomic E-state index is 0.0701. The second-order valence-corrected chi connectivity index (χ2v) is 9.22. The molecule has 0 radical (unpaired) electrons. The van der Waals surface area contributed by atoms with Gasteiger partial charge in [0.05, 0.1) is 12.0 Å². The Hall–Kier alpha value is -1.79. The number of carbonyl (C=O) groups is 2. The monoisotopic (exact) mass is 431 g/mol. The highest BCUT2D eigenvalue weighted by Gasteiger charge is 2.30. The predicted molar refractivity (Wildman–Crippen MR) is 127 cm³/mol. The lowest BCUT2D eigenvalue weighted by molar-refractivity contribution is -0.126. The van der Waals surface area contributed by atoms with Crippen molar-refractivity contribution in [3.8, 4) is 0 Å². The predicted octanol–water partition coefficient (Wildman–Crippen LogP) is 4.29. The third-order valence-corrected chi connectivity index (χ3v) is 6.78. The maximum Gasteiger partial charge on any atom is 0.233 e. The van der Waals surface area contributed by atoms with Gasteiger partial charge in [-0.25, -0.2) is 0 Å². The maximum atomic E-state index is 13.0. The number of nitrogens with one attached hydrogen (secondary N) is 1. The highest BCUT2D eigenvalue weighted by molar-refractivity contribution is 8.03. The minimum atomic E-state index is -0.407. The van der Waals surface area contributed by atoms with Gasteiger partial charge in [-0.15, -0.1) is 11.8 Å². The number of allylic oxidation sites excluding steroid dienone is 5. The van der Waals surface area contributed by atoms with E-state index in [0.717, 1.165) is 36.9 Å². The van der Waals surface area contributed by atoms with Crippen molar-refractivity contribution in [3.05, 3.63) is 46.6 Å². The van der Waals surface area contributed by atoms with E-state index in [1.807, 2.05) is 36.1 Å². The molecule has 0 saturated carbocycles. The summed E-state index contributed by atoms with van der Waals surface area (Å²) in [5.74, 6) is 0.697. The Balaban J connectivity index is 1.90. The van der Waals surface area contributed by atoms with E-state index in [4.69, 9.17) is 5.73 Å². The average molecular weight is 432 g/mol. The lowest BCUT2D eigenvalue weighted by Gasteiger charge is -2.31. The van der Waals surface area contributed by atoms with Gasteiger partial charge in [0.15, 0.2) is 0 Å². The van der Waals surface area contributed by atoms with E-state index < -0.39 is 5.92 Å². The van der Waals surface area contributed by atoms with Crippen LogP contribution in [-0.2, 0) is 9.59 Å². The molecule has 0 saturated heterocycles. The zero-order chi connectivity index (χ0) is 21.8. The van der Waals surface area contributed by atoms with Crippen LogP contribution in [0.25, 0.3) is 0 Å². The molecule has 2 aliphatic carbocycles. The van der Waals surface area contributed by atoms with Gasteiger partial charge in [0.25, 0.3) is 0 Å². The molecular weight excluding hydrogens is 394 g/mol. The van der Waals surface area contributed by atoms with E-state index in [2.05, 4.69) is 18.3 Å². The lowest BCUT2D eigenvalue weighted by Crippen LogP contribution is -2.44. The second-order valence-electron chi connectivity index (χ2n) is 8.00. The number of carbonyl (C=O) groups excluding carboxylic acids is 2. The summed E-state index contributed by atoms with van der Waals surface area (Å²) in [6.07, 6.45) is 19.9. The van der Waals surface area contributed by atoms with Crippen LogP contribution in [0.1, 0.15) is 58.3 Å². The summed E-state index contributed by atoms with van der Waals surface area (Å²) in [7, 11) is 1.71. The van der Waals surface area contributed by atoms with Crippen molar-refractivity contribution in [3.63, 3.8) is 0 Å². The number of hydrogen-bond acceptors (Lipinski definition) is 4. The molecule has 3 N–H and O–H groups in total. The molecule has 0 aromatic rings. The molecule has 30 heavy (non-hydrogen) atoms. The van der Waals surface area contributed by atoms with Gasteiger partial charge in [0.2, 0.25) is 12.3 Å². The Kier molecular flexibility index (Phi) is 11.0. The topological polar surface area (TPSA) is 75.4 Å². The van der Waals surface area contributed by atoms with E-state index >= 15 is 0 Å². The molecule has 2 atom stereocenters. The number of hydrogen-bond donors (Lipinski definition) is 2. The largest absolute Gasteiger partial charge is 0.341 e. The Morgan fingerprint density at radius 2 is 2.07 bits per heavy atom. The molecule has 2 unspecified atom stereocenters. The number of thioether (sulfide) groups is 1. The number of nitrogens with zero attached hydrogens (tertiary/aromatic N) is 1. The van der Waals surface area contributed by atoms with Crippen molar-refractivity contribution >= 4 is 24.1 Å². The number of nitrogens with two attached hydrogens (primary N) is 1. The SMILES string of the molecule is CCCCCCCSC1=CC=C(NC(=O)C2C=C(CCN)C=CC2N(C)C=O)CC1. The summed E-state index contributed by atoms with van der Waals surface area (Å²) in [6, 6.07) is -0.275. The summed E-state index contributed by atoms with van der Waals surface area (Å²) in [6.45, 7) is 2.78. The lowest BCUT2D eigenvalue weighted by atomic mass is 9.88. The molecule has 2 amide bonds. The van der Waals surface area contributed by atoms with Crippen LogP contribution >= 0.6 is 11.8 Å². The van der Waals surface area contributed by atoms with E-state index in [9.17, 15) is 9.59 Å². The first-order valence-electron chi connectivity index (χ1n) is 11.2. The van der Waals surface area contributed by atoms with E-state index in [-0.39, 0.29) is 11.9 Å². The van der Waals surface area contributed by atoms with Crippen LogP contribution in [0.2, 0.25) is 0 Å². The van der Waals surface area contributed by atoms with Crippen LogP contribution < -0.4 is 11.1 Å². The molecule has 0 bridgehead atoms. The zero-order valence-electron chi connectivity index (χ0n) is 18.4. The molecule has 5 nitrogen and oxygen atoms in total. The van der Waals surface area contributed by atoms with Crippen LogP contribution in [0.15, 0.2) is 46.6 Å². The van der Waals surface area contributed by atoms with Crippen LogP contribution in [0.5, 0.6) is 0 Å². The van der Waals surface area contributed by atoms with Crippen molar-refractivity contribution in [2.75, 3.05) is 19.3 Å². The molecule has 2 aliphatic rings. The third-order valence-electron chi connectivity index (χ3n) is 5.57. The van der Waals surface area contributed by atoms with Crippen LogP contribution in [-0.4, -0.2) is 42.6 Å². The summed E-state index contributed by atoms with van der Waals surface area (Å²) in [5.41, 5.74) is 7.66. The van der Waals surface area contributed by atoms with Gasteiger partial charge in [-0.3, -0.25) is 9.59 Å². The quantitative estimate of drug-likeness (QED) is 0.337. The minimum Gasteiger partial charge on any atom is -0.341 e. The summed E-state index contributed by atoms with van der Waals surface area (Å²) in [5, 5.41) is 3.09. The summed E-state index contributed by atoms with van der Waals surface area (Å²) >= 11 is 1.95. The van der Waals surface area contributed by atoms with Gasteiger partial charge in [0.1, 0.15) is 0 Å². The molecule has 0 aliphatic heterocycles. The summed E-state index contributed by atoms with van der Waals surface area (Å²) in [4.78, 5) is 27.2. The Morgan fingerprint density at radius 3 is 2.73 bits per heavy atom. The van der Waals surface area contributed by atoms with Gasteiger partial charge in [0, 0.05) is 12.7 Å². The van der Waals surface area contributed by atoms with E-state index in [0.29, 0.717) is 6.54 Å². The number of rotatable bonds is 13. The van der Waals surface area contributed by atoms with Crippen LogP contribution in [0, 0.1) is 5.92 Å². The fourth-order valence-electron chi connectivity index (χ4n) is 3.74. The van der Waals surface area contributed by atoms with Gasteiger partial charge in [-0.2, -0.15) is 0 Å². The maximum absolute atomic E-state index is 13.0. The van der Waals surface area contributed by atoms with Gasteiger partial charge < -0.3 is 16.0 Å². The Bertz CT molecular complexity index is 697. The normalized spacial score (nSPS) is 20.8. The van der Waals surface area contributed by atoms with Crippen LogP contribution in [0.3, 0.4) is 0 Å². The highest BCUT2D eigenvalue weighted by Crippen LogP contribution is 2.28. The smallest absolute Gasteiger partial charge is 0.233 e. The van der Waals surface area contributed by atoms with Gasteiger partial charge in [-0.05, 0) is 49.0 Å². The first-order chi connectivity index (χ1) is 14.6. The van der Waals surface area contributed by atoms with Crippen LogP contribution in [0.4, 0.5) is 0 Å². The van der Waals surface area contributed by atoms with Gasteiger partial charge >= 0.3 is 0 Å². The molecule has 0 aromatic carbocycles. The average Bonchev–Trinajstić information content (AvgIpc) is 2.77. The fourth-order valence-corrected chi connectivity index (χ4v) is 4.76. The van der Waals surface area contributed by atoms with E-state index in [1.165, 1.54) is 42.8 Å². The fraction of sp³-hybridized carbons (Fsp3) is 0.583. The van der Waals surface area contributed by atoms with Gasteiger partial charge in [-0.1, -0.05) is 62.5 Å². The van der Waals surface area contributed by atoms with Crippen molar-refractivity contribution < 1.29 is 9.59 Å². The van der Waals surface area contributed by atoms with E-state index in [1.54, 1.807) is 11.9 Å². The molecule has 166 valence electrons. The molecule has 0 aromatic heterocycles. The first-order valence-corrected chi connectivity index (χ1v) is 12.2. The second kappa shape index (κ2) is 13.5. The van der Waals surface area contributed by atoms with Crippen molar-refractivity contribution in [1.29, 1.82) is 0 Å². The molecule has 2 rings (SSSR count). The molecule has 0 heterocycles. The number of unbranched alkanes of at least 4 members (excludes halogenated alkanes) is 4. The molecule has 6 heteroatoms. The van der Waals surface area contributed by atoms with Crippen molar-refractivity contribution in [1.82, 2.24) is 10.2 Å². The first kappa shape index (κ1) is 24.5. The molecule has 0 fully saturated rings. The Labute approximate surface area is 185 Å². The van der Waals surface area contributed by atoms with Crippen molar-refractivity contribution in [2.24, 2.45) is 11.7 Å². The number of amides is 2. The molecular formula is C24H37N3O2S.